The summed E-state index contributed by atoms with van der Waals surface area (Å²) in [5.41, 5.74) is 7.86. The molecule has 2 N–H and O–H groups in total. The molecule has 4 aromatic heterocycles. The van der Waals surface area contributed by atoms with E-state index in [9.17, 15) is 0 Å². The van der Waals surface area contributed by atoms with Gasteiger partial charge in [0.15, 0.2) is 0 Å². The molecule has 0 spiro atoms. The molecule has 2 aliphatic rings. The third-order valence-corrected chi connectivity index (χ3v) is 4.44. The van der Waals surface area contributed by atoms with Crippen LogP contribution in [0.25, 0.3) is 46.4 Å². The predicted molar refractivity (Wildman–Crippen MR) is 119 cm³/mol. The summed E-state index contributed by atoms with van der Waals surface area (Å²) in [6, 6.07) is 16.4. The zero-order chi connectivity index (χ0) is 20.2. The maximum Gasteiger partial charge on any atom is 0.119 e. The van der Waals surface area contributed by atoms with Crippen LogP contribution in [0.5, 0.6) is 0 Å². The summed E-state index contributed by atoms with van der Waals surface area (Å²) in [7, 11) is 0. The van der Waals surface area contributed by atoms with Crippen molar-refractivity contribution in [1.29, 1.82) is 0 Å². The molecular weight excluding hydrogens is 433 g/mol. The number of fused-ring (bicyclic) bond motifs is 8. The van der Waals surface area contributed by atoms with Gasteiger partial charge in [0.1, 0.15) is 19.0 Å². The summed E-state index contributed by atoms with van der Waals surface area (Å²) in [6.45, 7) is 0. The summed E-state index contributed by atoms with van der Waals surface area (Å²) in [4.78, 5) is 26.7. The summed E-state index contributed by atoms with van der Waals surface area (Å²) >= 11 is 0. The van der Waals surface area contributed by atoms with E-state index in [1.165, 1.54) is 19.0 Å². The average Bonchev–Trinajstić information content (AvgIpc) is 3.56. The Labute approximate surface area is 188 Å². The second-order valence-electron chi connectivity index (χ2n) is 6.70. The van der Waals surface area contributed by atoms with E-state index in [0.717, 1.165) is 44.8 Å². The first-order valence-electron chi connectivity index (χ1n) is 9.40. The van der Waals surface area contributed by atoms with Gasteiger partial charge in [0.25, 0.3) is 0 Å². The van der Waals surface area contributed by atoms with Gasteiger partial charge in [-0.25, -0.2) is 24.9 Å². The van der Waals surface area contributed by atoms with Crippen LogP contribution >= 0.6 is 0 Å². The molecule has 0 amide bonds. The fraction of sp³-hybridized carbons (Fsp3) is 0. The van der Waals surface area contributed by atoms with Crippen LogP contribution in [0.2, 0.25) is 0 Å². The Hall–Kier alpha value is -3.88. The zero-order valence-electron chi connectivity index (χ0n) is 16.2. The second-order valence-corrected chi connectivity index (χ2v) is 6.70. The van der Waals surface area contributed by atoms with E-state index in [1.807, 2.05) is 42.5 Å². The standard InChI is InChI=1S/C20H14N4.C3H3N3.Co/c1-2-14-10-16-5-6-18(23-16)12-20-8-7-19(24-20)11-17-4-3-15(22-17)9-13(1)21-14;1-4-2-6-3-5-1;/h1-12,21-22H;1-3H;. The topological polar surface area (TPSA) is 96.0 Å². The molecule has 8 heteroatoms. The Bertz CT molecular complexity index is 1290. The molecule has 0 aromatic carbocycles. The largest absolute Gasteiger partial charge is 0.355 e. The number of hydrogen-bond acceptors (Lipinski definition) is 5. The first-order valence-corrected chi connectivity index (χ1v) is 9.40. The van der Waals surface area contributed by atoms with Crippen LogP contribution in [0.15, 0.2) is 67.5 Å². The van der Waals surface area contributed by atoms with E-state index in [-0.39, 0.29) is 16.8 Å². The van der Waals surface area contributed by atoms with Gasteiger partial charge in [0, 0.05) is 38.8 Å². The first-order chi connectivity index (χ1) is 14.8. The molecule has 7 nitrogen and oxygen atoms in total. The third kappa shape index (κ3) is 5.19. The van der Waals surface area contributed by atoms with Crippen molar-refractivity contribution in [2.75, 3.05) is 0 Å². The number of rotatable bonds is 0. The van der Waals surface area contributed by atoms with Gasteiger partial charge in [-0.1, -0.05) is 0 Å². The van der Waals surface area contributed by atoms with E-state index >= 15 is 0 Å². The van der Waals surface area contributed by atoms with Crippen molar-refractivity contribution in [3.05, 3.63) is 90.3 Å². The Balaban J connectivity index is 0.000000288. The van der Waals surface area contributed by atoms with E-state index in [1.54, 1.807) is 0 Å². The Morgan fingerprint density at radius 2 is 0.806 bits per heavy atom. The van der Waals surface area contributed by atoms with Crippen molar-refractivity contribution in [2.45, 2.75) is 0 Å². The van der Waals surface area contributed by atoms with Crippen LogP contribution in [-0.2, 0) is 16.8 Å². The summed E-state index contributed by atoms with van der Waals surface area (Å²) in [6.07, 6.45) is 12.4. The van der Waals surface area contributed by atoms with Gasteiger partial charge in [0.05, 0.1) is 22.8 Å². The molecule has 6 heterocycles. The summed E-state index contributed by atoms with van der Waals surface area (Å²) < 4.78 is 0. The van der Waals surface area contributed by atoms with Crippen molar-refractivity contribution in [2.24, 2.45) is 0 Å². The van der Waals surface area contributed by atoms with E-state index in [2.05, 4.69) is 65.2 Å². The molecule has 1 radical (unpaired) electrons. The normalized spacial score (nSPS) is 11.4. The number of H-pyrrole nitrogens is 2. The Kier molecular flexibility index (Phi) is 6.11. The molecule has 0 unspecified atom stereocenters. The van der Waals surface area contributed by atoms with Crippen molar-refractivity contribution in [3.63, 3.8) is 0 Å². The fourth-order valence-corrected chi connectivity index (χ4v) is 3.15. The van der Waals surface area contributed by atoms with Gasteiger partial charge in [-0.3, -0.25) is 0 Å². The molecule has 0 saturated carbocycles. The molecule has 2 aliphatic heterocycles. The van der Waals surface area contributed by atoms with Gasteiger partial charge >= 0.3 is 0 Å². The average molecular weight is 450 g/mol. The fourth-order valence-electron chi connectivity index (χ4n) is 3.15. The molecule has 31 heavy (non-hydrogen) atoms. The van der Waals surface area contributed by atoms with Crippen LogP contribution in [-0.4, -0.2) is 34.9 Å². The molecule has 0 atom stereocenters. The molecule has 6 rings (SSSR count). The first kappa shape index (κ1) is 20.4. The van der Waals surface area contributed by atoms with E-state index in [4.69, 9.17) is 0 Å². The van der Waals surface area contributed by atoms with Crippen molar-refractivity contribution < 1.29 is 16.8 Å². The van der Waals surface area contributed by atoms with Gasteiger partial charge < -0.3 is 9.97 Å². The third-order valence-electron chi connectivity index (χ3n) is 4.44. The van der Waals surface area contributed by atoms with Crippen LogP contribution in [0.4, 0.5) is 0 Å². The van der Waals surface area contributed by atoms with Gasteiger partial charge in [-0.15, -0.1) is 0 Å². The smallest absolute Gasteiger partial charge is 0.119 e. The number of nitrogens with zero attached hydrogens (tertiary/aromatic N) is 5. The molecular formula is C23H17CoN7. The molecule has 0 aliphatic carbocycles. The van der Waals surface area contributed by atoms with Crippen molar-refractivity contribution >= 4 is 46.4 Å². The Morgan fingerprint density at radius 3 is 1.19 bits per heavy atom. The molecule has 8 bridgehead atoms. The minimum Gasteiger partial charge on any atom is -0.355 e. The van der Waals surface area contributed by atoms with Crippen LogP contribution in [0.3, 0.4) is 0 Å². The number of nitrogens with one attached hydrogen (secondary N) is 2. The zero-order valence-corrected chi connectivity index (χ0v) is 17.3. The molecule has 4 aromatic rings. The minimum atomic E-state index is 0. The Morgan fingerprint density at radius 1 is 0.452 bits per heavy atom. The van der Waals surface area contributed by atoms with Crippen LogP contribution in [0.1, 0.15) is 22.8 Å². The van der Waals surface area contributed by atoms with E-state index in [0.29, 0.717) is 0 Å². The van der Waals surface area contributed by atoms with Crippen LogP contribution in [0, 0.1) is 0 Å². The number of aromatic amines is 2. The maximum atomic E-state index is 4.62. The summed E-state index contributed by atoms with van der Waals surface area (Å²) in [5, 5.41) is 0. The van der Waals surface area contributed by atoms with Crippen LogP contribution < -0.4 is 0 Å². The maximum absolute atomic E-state index is 4.62. The van der Waals surface area contributed by atoms with Crippen molar-refractivity contribution in [1.82, 2.24) is 34.9 Å². The predicted octanol–water partition coefficient (Wildman–Crippen LogP) is 4.52. The van der Waals surface area contributed by atoms with Gasteiger partial charge in [-0.2, -0.15) is 0 Å². The molecule has 0 fully saturated rings. The summed E-state index contributed by atoms with van der Waals surface area (Å²) in [5.74, 6) is 0. The van der Waals surface area contributed by atoms with Gasteiger partial charge in [0.2, 0.25) is 0 Å². The number of hydrogen-bond donors (Lipinski definition) is 2. The minimum absolute atomic E-state index is 0. The molecule has 0 saturated heterocycles. The SMILES string of the molecule is C1=Cc2cc3ccc(cc4ccc(cc5nc(cc1n2)C=C5)[nH]4)[nH]3.[Co].c1ncncn1. The van der Waals surface area contributed by atoms with E-state index < -0.39 is 0 Å². The monoisotopic (exact) mass is 450 g/mol. The number of aromatic nitrogens is 7. The quantitative estimate of drug-likeness (QED) is 0.355. The van der Waals surface area contributed by atoms with Crippen molar-refractivity contribution in [3.8, 4) is 0 Å². The van der Waals surface area contributed by atoms with Gasteiger partial charge in [-0.05, 0) is 72.8 Å². The second kappa shape index (κ2) is 9.29. The molecule has 153 valence electrons.